The maximum Gasteiger partial charge on any atom is 0.0352 e. The molecular formula is C12H19N3S. The van der Waals surface area contributed by atoms with Gasteiger partial charge in [-0.15, -0.1) is 0 Å². The van der Waals surface area contributed by atoms with Crippen LogP contribution in [-0.4, -0.2) is 47.6 Å². The van der Waals surface area contributed by atoms with Crippen LogP contribution in [0.2, 0.25) is 0 Å². The van der Waals surface area contributed by atoms with Crippen molar-refractivity contribution >= 4 is 11.8 Å². The molecule has 2 rings (SSSR count). The molecule has 0 bridgehead atoms. The maximum atomic E-state index is 4.05. The van der Waals surface area contributed by atoms with Gasteiger partial charge in [0.15, 0.2) is 0 Å². The Morgan fingerprint density at radius 2 is 2.19 bits per heavy atom. The minimum atomic E-state index is 0.642. The Hall–Kier alpha value is -0.580. The zero-order valence-corrected chi connectivity index (χ0v) is 10.7. The predicted octanol–water partition coefficient (Wildman–Crippen LogP) is 1.22. The number of pyridine rings is 1. The van der Waals surface area contributed by atoms with Crippen LogP contribution in [0.5, 0.6) is 0 Å². The molecule has 2 atom stereocenters. The van der Waals surface area contributed by atoms with E-state index in [1.165, 1.54) is 5.56 Å². The summed E-state index contributed by atoms with van der Waals surface area (Å²) in [5.74, 6) is 0. The number of aromatic nitrogens is 1. The van der Waals surface area contributed by atoms with Crippen LogP contribution in [-0.2, 0) is 6.54 Å². The van der Waals surface area contributed by atoms with Gasteiger partial charge in [-0.1, -0.05) is 0 Å². The summed E-state index contributed by atoms with van der Waals surface area (Å²) in [4.78, 5) is 6.49. The molecule has 1 aromatic rings. The summed E-state index contributed by atoms with van der Waals surface area (Å²) in [6.45, 7) is 3.24. The standard InChI is InChI=1S/C12H19N3S/c1-15(9-10-3-5-13-6-4-10)11-7-14-8-12(11)16-2/h3-6,11-12,14H,7-9H2,1-2H3. The van der Waals surface area contributed by atoms with E-state index in [1.807, 2.05) is 24.2 Å². The monoisotopic (exact) mass is 237 g/mol. The first kappa shape index (κ1) is 11.9. The van der Waals surface area contributed by atoms with E-state index in [-0.39, 0.29) is 0 Å². The molecular weight excluding hydrogens is 218 g/mol. The van der Waals surface area contributed by atoms with E-state index in [0.717, 1.165) is 19.6 Å². The lowest BCUT2D eigenvalue weighted by atomic mass is 10.2. The van der Waals surface area contributed by atoms with Crippen molar-refractivity contribution in [1.29, 1.82) is 0 Å². The van der Waals surface area contributed by atoms with E-state index < -0.39 is 0 Å². The molecule has 2 heterocycles. The molecule has 0 aliphatic carbocycles. The van der Waals surface area contributed by atoms with Crippen molar-refractivity contribution in [1.82, 2.24) is 15.2 Å². The molecule has 3 nitrogen and oxygen atoms in total. The zero-order chi connectivity index (χ0) is 11.4. The van der Waals surface area contributed by atoms with Crippen LogP contribution in [0.3, 0.4) is 0 Å². The average molecular weight is 237 g/mol. The highest BCUT2D eigenvalue weighted by Gasteiger charge is 2.29. The van der Waals surface area contributed by atoms with Crippen molar-refractivity contribution in [2.24, 2.45) is 0 Å². The van der Waals surface area contributed by atoms with Gasteiger partial charge in [-0.3, -0.25) is 9.88 Å². The molecule has 1 aliphatic heterocycles. The smallest absolute Gasteiger partial charge is 0.0352 e. The molecule has 0 radical (unpaired) electrons. The normalized spacial score (nSPS) is 25.2. The first-order valence-corrected chi connectivity index (χ1v) is 6.92. The quantitative estimate of drug-likeness (QED) is 0.852. The lowest BCUT2D eigenvalue weighted by Gasteiger charge is -2.27. The summed E-state index contributed by atoms with van der Waals surface area (Å²) in [5.41, 5.74) is 1.34. The summed E-state index contributed by atoms with van der Waals surface area (Å²) in [7, 11) is 2.21. The van der Waals surface area contributed by atoms with Crippen LogP contribution in [0.4, 0.5) is 0 Å². The van der Waals surface area contributed by atoms with Crippen LogP contribution in [0.1, 0.15) is 5.56 Å². The molecule has 1 aliphatic rings. The second-order valence-electron chi connectivity index (χ2n) is 4.27. The molecule has 0 spiro atoms. The van der Waals surface area contributed by atoms with Gasteiger partial charge < -0.3 is 5.32 Å². The molecule has 1 fully saturated rings. The van der Waals surface area contributed by atoms with Crippen LogP contribution in [0, 0.1) is 0 Å². The van der Waals surface area contributed by atoms with E-state index in [1.54, 1.807) is 0 Å². The topological polar surface area (TPSA) is 28.2 Å². The Labute approximate surface area is 102 Å². The Morgan fingerprint density at radius 1 is 1.44 bits per heavy atom. The molecule has 2 unspecified atom stereocenters. The molecule has 1 N–H and O–H groups in total. The lowest BCUT2D eigenvalue weighted by molar-refractivity contribution is 0.253. The molecule has 16 heavy (non-hydrogen) atoms. The third-order valence-electron chi connectivity index (χ3n) is 3.18. The molecule has 4 heteroatoms. The summed E-state index contributed by atoms with van der Waals surface area (Å²) in [5, 5.41) is 4.18. The minimum absolute atomic E-state index is 0.642. The van der Waals surface area contributed by atoms with Crippen molar-refractivity contribution < 1.29 is 0 Å². The summed E-state index contributed by atoms with van der Waals surface area (Å²) < 4.78 is 0. The number of rotatable bonds is 4. The maximum absolute atomic E-state index is 4.05. The Kier molecular flexibility index (Phi) is 4.21. The van der Waals surface area contributed by atoms with E-state index in [2.05, 4.69) is 40.6 Å². The van der Waals surface area contributed by atoms with Gasteiger partial charge in [0, 0.05) is 43.3 Å². The van der Waals surface area contributed by atoms with Gasteiger partial charge in [-0.2, -0.15) is 11.8 Å². The van der Waals surface area contributed by atoms with Gasteiger partial charge >= 0.3 is 0 Å². The van der Waals surface area contributed by atoms with Gasteiger partial charge in [-0.05, 0) is 31.0 Å². The Balaban J connectivity index is 1.95. The van der Waals surface area contributed by atoms with E-state index in [0.29, 0.717) is 11.3 Å². The number of nitrogens with one attached hydrogen (secondary N) is 1. The molecule has 0 saturated carbocycles. The Morgan fingerprint density at radius 3 is 2.88 bits per heavy atom. The first-order valence-electron chi connectivity index (χ1n) is 5.64. The van der Waals surface area contributed by atoms with Crippen LogP contribution >= 0.6 is 11.8 Å². The van der Waals surface area contributed by atoms with Gasteiger partial charge in [0.25, 0.3) is 0 Å². The summed E-state index contributed by atoms with van der Waals surface area (Å²) in [6.07, 6.45) is 5.93. The van der Waals surface area contributed by atoms with E-state index in [4.69, 9.17) is 0 Å². The third kappa shape index (κ3) is 2.75. The second-order valence-corrected chi connectivity index (χ2v) is 5.35. The van der Waals surface area contributed by atoms with Crippen molar-refractivity contribution in [3.05, 3.63) is 30.1 Å². The highest BCUT2D eigenvalue weighted by molar-refractivity contribution is 7.99. The van der Waals surface area contributed by atoms with Gasteiger partial charge in [0.1, 0.15) is 0 Å². The summed E-state index contributed by atoms with van der Waals surface area (Å²) >= 11 is 1.96. The first-order chi connectivity index (χ1) is 7.81. The van der Waals surface area contributed by atoms with E-state index in [9.17, 15) is 0 Å². The SMILES string of the molecule is CSC1CNCC1N(C)Cc1ccncc1. The van der Waals surface area contributed by atoms with Gasteiger partial charge in [0.05, 0.1) is 0 Å². The Bertz CT molecular complexity index is 317. The van der Waals surface area contributed by atoms with Gasteiger partial charge in [0.2, 0.25) is 0 Å². The number of likely N-dealkylation sites (N-methyl/N-ethyl adjacent to an activating group) is 1. The largest absolute Gasteiger partial charge is 0.314 e. The molecule has 0 amide bonds. The van der Waals surface area contributed by atoms with Crippen LogP contribution in [0.15, 0.2) is 24.5 Å². The van der Waals surface area contributed by atoms with Crippen LogP contribution < -0.4 is 5.32 Å². The van der Waals surface area contributed by atoms with E-state index >= 15 is 0 Å². The lowest BCUT2D eigenvalue weighted by Crippen LogP contribution is -2.38. The number of hydrogen-bond acceptors (Lipinski definition) is 4. The predicted molar refractivity (Wildman–Crippen MR) is 69.7 cm³/mol. The van der Waals surface area contributed by atoms with Gasteiger partial charge in [-0.25, -0.2) is 0 Å². The van der Waals surface area contributed by atoms with Crippen molar-refractivity contribution in [3.8, 4) is 0 Å². The molecule has 88 valence electrons. The summed E-state index contributed by atoms with van der Waals surface area (Å²) in [6, 6.07) is 4.82. The molecule has 1 aromatic heterocycles. The van der Waals surface area contributed by atoms with Crippen molar-refractivity contribution in [2.45, 2.75) is 17.8 Å². The minimum Gasteiger partial charge on any atom is -0.314 e. The molecule has 1 saturated heterocycles. The fourth-order valence-electron chi connectivity index (χ4n) is 2.21. The fourth-order valence-corrected chi connectivity index (χ4v) is 3.12. The number of thioether (sulfide) groups is 1. The van der Waals surface area contributed by atoms with Crippen LogP contribution in [0.25, 0.3) is 0 Å². The van der Waals surface area contributed by atoms with Crippen molar-refractivity contribution in [2.75, 3.05) is 26.4 Å². The zero-order valence-electron chi connectivity index (χ0n) is 9.89. The number of hydrogen-bond donors (Lipinski definition) is 1. The highest BCUT2D eigenvalue weighted by Crippen LogP contribution is 2.20. The third-order valence-corrected chi connectivity index (χ3v) is 4.26. The van der Waals surface area contributed by atoms with Crippen molar-refractivity contribution in [3.63, 3.8) is 0 Å². The highest BCUT2D eigenvalue weighted by atomic mass is 32.2. The second kappa shape index (κ2) is 5.66. The number of nitrogens with zero attached hydrogens (tertiary/aromatic N) is 2. The molecule has 0 aromatic carbocycles. The average Bonchev–Trinajstić information content (AvgIpc) is 2.78. The fraction of sp³-hybridized carbons (Fsp3) is 0.583.